The average molecular weight is 908 g/mol. The molecule has 17 N–H and O–H groups in total. The first kappa shape index (κ1) is 56.2. The number of ketones is 1. The van der Waals surface area contributed by atoms with Crippen LogP contribution in [0.5, 0.6) is 0 Å². The second-order valence-corrected chi connectivity index (χ2v) is 15.9. The Bertz CT molecular complexity index is 1530. The molecule has 358 valence electrons. The maximum Gasteiger partial charge on any atom is 0.242 e. The van der Waals surface area contributed by atoms with E-state index in [1.165, 1.54) is 16.1 Å². The van der Waals surface area contributed by atoms with E-state index in [1.807, 2.05) is 0 Å². The Morgan fingerprint density at radius 3 is 1.83 bits per heavy atom. The molecule has 0 saturated heterocycles. The van der Waals surface area contributed by atoms with E-state index in [4.69, 9.17) is 39.8 Å². The molecule has 0 spiro atoms. The molecule has 1 aromatic heterocycles. The summed E-state index contributed by atoms with van der Waals surface area (Å²) >= 11 is 4.09. The lowest BCUT2D eigenvalue weighted by Gasteiger charge is -2.33. The van der Waals surface area contributed by atoms with Crippen LogP contribution in [-0.4, -0.2) is 143 Å². The molecule has 5 amide bonds. The van der Waals surface area contributed by atoms with Crippen LogP contribution in [0.3, 0.4) is 0 Å². The van der Waals surface area contributed by atoms with Gasteiger partial charge in [-0.25, -0.2) is 4.98 Å². The summed E-state index contributed by atoms with van der Waals surface area (Å²) in [5.41, 5.74) is 34.5. The summed E-state index contributed by atoms with van der Waals surface area (Å²) in [5, 5.41) is 16.0. The fourth-order valence-corrected chi connectivity index (χ4v) is 6.94. The van der Waals surface area contributed by atoms with Crippen molar-refractivity contribution in [3.05, 3.63) is 18.2 Å². The number of aliphatic imine (C=N–C) groups is 1. The summed E-state index contributed by atoms with van der Waals surface area (Å²) < 4.78 is 0. The molecular formula is C41H77N15O6S. The molecule has 0 fully saturated rings. The first-order valence-electron chi connectivity index (χ1n) is 22.3. The Hall–Kier alpha value is -4.80. The number of H-pyrrole nitrogens is 1. The van der Waals surface area contributed by atoms with Crippen molar-refractivity contribution in [1.82, 2.24) is 35.7 Å². The van der Waals surface area contributed by atoms with Gasteiger partial charge in [0.2, 0.25) is 29.5 Å². The van der Waals surface area contributed by atoms with Gasteiger partial charge in [0.15, 0.2) is 5.96 Å². The van der Waals surface area contributed by atoms with Crippen LogP contribution in [0.2, 0.25) is 0 Å². The maximum atomic E-state index is 14.2. The number of thiol groups is 1. The highest BCUT2D eigenvalue weighted by Gasteiger charge is 2.32. The van der Waals surface area contributed by atoms with E-state index in [9.17, 15) is 28.8 Å². The molecule has 0 radical (unpaired) electrons. The van der Waals surface area contributed by atoms with Gasteiger partial charge in [-0.1, -0.05) is 12.8 Å². The molecule has 3 atom stereocenters. The molecule has 0 saturated carbocycles. The first-order chi connectivity index (χ1) is 30.2. The van der Waals surface area contributed by atoms with Crippen LogP contribution in [0.25, 0.3) is 0 Å². The SMILES string of the molecule is N=C(N)CCCCCC(=O)N(CCNC(=O)C(N)CS)C(CCCCN)C(=O)NCCN(C(=O)CCc1cnc[nH]1)C(CCCN=C(N)N)C(=O)NCCCC(=O)CCCCCN. The van der Waals surface area contributed by atoms with Gasteiger partial charge in [0.25, 0.3) is 0 Å². The number of imidazole rings is 1. The number of aromatic nitrogens is 2. The van der Waals surface area contributed by atoms with Crippen LogP contribution in [0.4, 0.5) is 0 Å². The summed E-state index contributed by atoms with van der Waals surface area (Å²) in [6, 6.07) is -2.76. The van der Waals surface area contributed by atoms with E-state index in [0.29, 0.717) is 83.7 Å². The Morgan fingerprint density at radius 2 is 1.24 bits per heavy atom. The van der Waals surface area contributed by atoms with Crippen molar-refractivity contribution >= 4 is 59.7 Å². The highest BCUT2D eigenvalue weighted by Crippen LogP contribution is 2.16. The molecule has 3 unspecified atom stereocenters. The minimum atomic E-state index is -0.967. The van der Waals surface area contributed by atoms with E-state index in [1.54, 1.807) is 6.20 Å². The highest BCUT2D eigenvalue weighted by molar-refractivity contribution is 7.80. The van der Waals surface area contributed by atoms with Crippen molar-refractivity contribution < 1.29 is 28.8 Å². The number of nitrogens with two attached hydrogens (primary N) is 6. The van der Waals surface area contributed by atoms with E-state index in [-0.39, 0.29) is 100 Å². The number of aromatic amines is 1. The highest BCUT2D eigenvalue weighted by atomic mass is 32.1. The second kappa shape index (κ2) is 34.7. The molecule has 0 bridgehead atoms. The number of guanidine groups is 1. The standard InChI is InChI=1S/C41H77N15O6S/c42-19-7-2-3-11-31(57)12-9-21-50-39(61)34(14-10-22-53-41(47)48)56(37(59)18-17-30-27-49-29-54-30)26-24-52-40(62)33(13-6-8-20-43)55(25-23-51-38(60)32(44)28-63)36(58)16-5-1-4-15-35(45)46/h27,29,32-34,63H,1-26,28,42-44H2,(H3,45,46)(H,49,54)(H,50,61)(H,51,60)(H,52,62)(H4,47,48,53). The molecule has 1 heterocycles. The molecule has 1 rings (SSSR count). The number of aryl methyl sites for hydroxylation is 1. The lowest BCUT2D eigenvalue weighted by molar-refractivity contribution is -0.142. The van der Waals surface area contributed by atoms with Crippen molar-refractivity contribution in [2.75, 3.05) is 58.1 Å². The zero-order chi connectivity index (χ0) is 46.8. The number of amidine groups is 1. The smallest absolute Gasteiger partial charge is 0.242 e. The summed E-state index contributed by atoms with van der Waals surface area (Å²) in [6.07, 6.45) is 11.5. The molecule has 1 aromatic rings. The second-order valence-electron chi connectivity index (χ2n) is 15.5. The van der Waals surface area contributed by atoms with Gasteiger partial charge < -0.3 is 65.1 Å². The predicted octanol–water partition coefficient (Wildman–Crippen LogP) is -0.720. The number of unbranched alkanes of at least 4 members (excludes halogenated alkanes) is 5. The molecule has 0 aliphatic heterocycles. The molecule has 22 heteroatoms. The van der Waals surface area contributed by atoms with Crippen molar-refractivity contribution in [1.29, 1.82) is 5.41 Å². The summed E-state index contributed by atoms with van der Waals surface area (Å²) in [6.45, 7) is 1.35. The van der Waals surface area contributed by atoms with Gasteiger partial charge in [0.1, 0.15) is 17.9 Å². The van der Waals surface area contributed by atoms with Gasteiger partial charge in [-0.05, 0) is 83.7 Å². The number of carbonyl (C=O) groups is 6. The number of rotatable bonds is 38. The molecule has 0 aliphatic rings. The van der Waals surface area contributed by atoms with Crippen molar-refractivity contribution in [3.63, 3.8) is 0 Å². The minimum absolute atomic E-state index is 0.0220. The summed E-state index contributed by atoms with van der Waals surface area (Å²) in [4.78, 5) is 94.8. The van der Waals surface area contributed by atoms with Gasteiger partial charge in [-0.3, -0.25) is 39.2 Å². The maximum absolute atomic E-state index is 14.2. The summed E-state index contributed by atoms with van der Waals surface area (Å²) in [7, 11) is 0. The fraction of sp³-hybridized carbons (Fsp3) is 0.732. The van der Waals surface area contributed by atoms with Gasteiger partial charge in [0.05, 0.1) is 18.2 Å². The van der Waals surface area contributed by atoms with E-state index in [2.05, 4.69) is 43.5 Å². The molecule has 0 aromatic carbocycles. The molecule has 21 nitrogen and oxygen atoms in total. The van der Waals surface area contributed by atoms with Crippen LogP contribution >= 0.6 is 12.6 Å². The lowest BCUT2D eigenvalue weighted by Crippen LogP contribution is -2.55. The van der Waals surface area contributed by atoms with Crippen LogP contribution in [-0.2, 0) is 35.2 Å². The van der Waals surface area contributed by atoms with Crippen molar-refractivity contribution in [2.45, 2.75) is 134 Å². The van der Waals surface area contributed by atoms with E-state index >= 15 is 0 Å². The van der Waals surface area contributed by atoms with Crippen LogP contribution in [0, 0.1) is 5.41 Å². The quantitative estimate of drug-likeness (QED) is 0.0169. The van der Waals surface area contributed by atoms with Crippen molar-refractivity contribution in [2.24, 2.45) is 39.4 Å². The molecule has 63 heavy (non-hydrogen) atoms. The van der Waals surface area contributed by atoms with E-state index in [0.717, 1.165) is 25.0 Å². The predicted molar refractivity (Wildman–Crippen MR) is 248 cm³/mol. The third-order valence-corrected chi connectivity index (χ3v) is 10.7. The minimum Gasteiger partial charge on any atom is -0.388 e. The zero-order valence-corrected chi connectivity index (χ0v) is 38.0. The number of nitrogens with one attached hydrogen (secondary N) is 5. The van der Waals surface area contributed by atoms with Gasteiger partial charge in [0, 0.05) is 89.0 Å². The summed E-state index contributed by atoms with van der Waals surface area (Å²) in [5.74, 6) is -1.78. The first-order valence-corrected chi connectivity index (χ1v) is 22.9. The third-order valence-electron chi connectivity index (χ3n) is 10.3. The number of hydrogen-bond acceptors (Lipinski definition) is 13. The zero-order valence-electron chi connectivity index (χ0n) is 37.1. The number of hydrogen-bond donors (Lipinski definition) is 12. The Labute approximate surface area is 378 Å². The molecule has 0 aliphatic carbocycles. The third kappa shape index (κ3) is 25.8. The van der Waals surface area contributed by atoms with Crippen molar-refractivity contribution in [3.8, 4) is 0 Å². The Morgan fingerprint density at radius 1 is 0.698 bits per heavy atom. The lowest BCUT2D eigenvalue weighted by atomic mass is 10.0. The van der Waals surface area contributed by atoms with Gasteiger partial charge >= 0.3 is 0 Å². The monoisotopic (exact) mass is 908 g/mol. The van der Waals surface area contributed by atoms with Gasteiger partial charge in [-0.2, -0.15) is 12.6 Å². The largest absolute Gasteiger partial charge is 0.388 e. The van der Waals surface area contributed by atoms with Crippen LogP contribution < -0.4 is 50.4 Å². The van der Waals surface area contributed by atoms with Crippen LogP contribution in [0.1, 0.15) is 115 Å². The normalized spacial score (nSPS) is 12.4. The fourth-order valence-electron chi connectivity index (χ4n) is 6.77. The topological polar surface area (TPSA) is 366 Å². The number of amides is 5. The number of nitrogens with zero attached hydrogens (tertiary/aromatic N) is 4. The van der Waals surface area contributed by atoms with E-state index < -0.39 is 35.8 Å². The van der Waals surface area contributed by atoms with Gasteiger partial charge in [-0.15, -0.1) is 0 Å². The molecular weight excluding hydrogens is 831 g/mol. The average Bonchev–Trinajstić information content (AvgIpc) is 3.78. The number of carbonyl (C=O) groups excluding carboxylic acids is 6. The van der Waals surface area contributed by atoms with Crippen LogP contribution in [0.15, 0.2) is 17.5 Å². The Balaban J connectivity index is 3.34. The number of Topliss-reactive ketones (excluding diaryl/α,β-unsaturated/α-hetero) is 1. The Kier molecular flexibility index (Phi) is 30.9.